The van der Waals surface area contributed by atoms with Crippen molar-refractivity contribution in [3.05, 3.63) is 24.0 Å². The van der Waals surface area contributed by atoms with Gasteiger partial charge in [0.15, 0.2) is 0 Å². The van der Waals surface area contributed by atoms with Crippen LogP contribution < -0.4 is 15.5 Å². The largest absolute Gasteiger partial charge is 0.481 e. The molecule has 0 aromatic heterocycles. The fourth-order valence-electron chi connectivity index (χ4n) is 3.39. The third kappa shape index (κ3) is 3.60. The number of halogens is 1. The van der Waals surface area contributed by atoms with Crippen LogP contribution in [-0.2, 0) is 4.79 Å². The Kier molecular flexibility index (Phi) is 4.87. The molecule has 0 unspecified atom stereocenters. The average molecular weight is 335 g/mol. The molecule has 0 atom stereocenters. The molecule has 2 amide bonds. The first kappa shape index (κ1) is 16.5. The van der Waals surface area contributed by atoms with Gasteiger partial charge in [-0.1, -0.05) is 0 Å². The second-order valence-corrected chi connectivity index (χ2v) is 6.43. The molecule has 7 heteroatoms. The predicted octanol–water partition coefficient (Wildman–Crippen LogP) is 2.80. The minimum Gasteiger partial charge on any atom is -0.481 e. The van der Waals surface area contributed by atoms with Gasteiger partial charge in [0.05, 0.1) is 11.6 Å². The summed E-state index contributed by atoms with van der Waals surface area (Å²) in [4.78, 5) is 24.3. The molecule has 0 radical (unpaired) electrons. The Hall–Kier alpha value is -2.31. The Bertz CT molecular complexity index is 630. The molecule has 0 bridgehead atoms. The molecule has 130 valence electrons. The standard InChI is InChI=1S/C17H22FN3O3/c18-14-7-6-13(10-15(14)21-9-1-8-19-17(21)24)20-12-4-2-11(3-5-12)16(22)23/h6-7,10-12,20H,1-5,8-9H2,(H,19,24)(H,22,23). The van der Waals surface area contributed by atoms with Crippen molar-refractivity contribution in [3.63, 3.8) is 0 Å². The van der Waals surface area contributed by atoms with Crippen LogP contribution in [0, 0.1) is 11.7 Å². The maximum Gasteiger partial charge on any atom is 0.321 e. The van der Waals surface area contributed by atoms with E-state index in [9.17, 15) is 14.0 Å². The second-order valence-electron chi connectivity index (χ2n) is 6.43. The van der Waals surface area contributed by atoms with Gasteiger partial charge in [0.1, 0.15) is 5.82 Å². The highest BCUT2D eigenvalue weighted by atomic mass is 19.1. The molecule has 24 heavy (non-hydrogen) atoms. The topological polar surface area (TPSA) is 81.7 Å². The van der Waals surface area contributed by atoms with Crippen molar-refractivity contribution in [1.29, 1.82) is 0 Å². The number of carboxylic acid groups (broad SMARTS) is 1. The third-order valence-electron chi connectivity index (χ3n) is 4.76. The number of amides is 2. The van der Waals surface area contributed by atoms with Gasteiger partial charge in [-0.05, 0) is 50.3 Å². The average Bonchev–Trinajstić information content (AvgIpc) is 2.58. The monoisotopic (exact) mass is 335 g/mol. The summed E-state index contributed by atoms with van der Waals surface area (Å²) < 4.78 is 14.1. The Morgan fingerprint density at radius 1 is 1.29 bits per heavy atom. The van der Waals surface area contributed by atoms with Crippen LogP contribution in [0.25, 0.3) is 0 Å². The lowest BCUT2D eigenvalue weighted by Crippen LogP contribution is -2.46. The number of carbonyl (C=O) groups is 2. The van der Waals surface area contributed by atoms with Gasteiger partial charge in [0, 0.05) is 24.8 Å². The minimum absolute atomic E-state index is 0.175. The lowest BCUT2D eigenvalue weighted by atomic mass is 9.86. The molecule has 3 N–H and O–H groups in total. The summed E-state index contributed by atoms with van der Waals surface area (Å²) in [6, 6.07) is 4.57. The van der Waals surface area contributed by atoms with Gasteiger partial charge in [0.2, 0.25) is 0 Å². The first-order valence-electron chi connectivity index (χ1n) is 8.39. The number of carbonyl (C=O) groups excluding carboxylic acids is 1. The Morgan fingerprint density at radius 2 is 2.04 bits per heavy atom. The van der Waals surface area contributed by atoms with Gasteiger partial charge in [-0.25, -0.2) is 9.18 Å². The van der Waals surface area contributed by atoms with E-state index in [0.29, 0.717) is 25.9 Å². The number of carboxylic acids is 1. The summed E-state index contributed by atoms with van der Waals surface area (Å²) in [6.45, 7) is 1.11. The quantitative estimate of drug-likeness (QED) is 0.790. The number of nitrogens with one attached hydrogen (secondary N) is 2. The molecule has 1 aliphatic heterocycles. The highest BCUT2D eigenvalue weighted by molar-refractivity contribution is 5.93. The van der Waals surface area contributed by atoms with Crippen molar-refractivity contribution in [2.24, 2.45) is 5.92 Å². The van der Waals surface area contributed by atoms with E-state index in [4.69, 9.17) is 5.11 Å². The summed E-state index contributed by atoms with van der Waals surface area (Å²) in [6.07, 6.45) is 3.62. The van der Waals surface area contributed by atoms with Crippen LogP contribution in [0.5, 0.6) is 0 Å². The molecule has 1 aromatic rings. The number of aliphatic carboxylic acids is 1. The van der Waals surface area contributed by atoms with E-state index in [1.807, 2.05) is 0 Å². The molecular weight excluding hydrogens is 313 g/mol. The molecule has 2 fully saturated rings. The maximum absolute atomic E-state index is 14.1. The van der Waals surface area contributed by atoms with Gasteiger partial charge in [-0.2, -0.15) is 0 Å². The molecule has 3 rings (SSSR count). The van der Waals surface area contributed by atoms with Crippen molar-refractivity contribution in [2.45, 2.75) is 38.1 Å². The summed E-state index contributed by atoms with van der Waals surface area (Å²) in [7, 11) is 0. The molecule has 1 heterocycles. The number of benzene rings is 1. The lowest BCUT2D eigenvalue weighted by Gasteiger charge is -2.30. The zero-order valence-electron chi connectivity index (χ0n) is 13.4. The van der Waals surface area contributed by atoms with Gasteiger partial charge in [-0.3, -0.25) is 9.69 Å². The summed E-state index contributed by atoms with van der Waals surface area (Å²) >= 11 is 0. The number of rotatable bonds is 4. The second kappa shape index (κ2) is 7.07. The van der Waals surface area contributed by atoms with E-state index in [2.05, 4.69) is 10.6 Å². The van der Waals surface area contributed by atoms with Crippen LogP contribution in [-0.4, -0.2) is 36.2 Å². The van der Waals surface area contributed by atoms with Crippen molar-refractivity contribution >= 4 is 23.4 Å². The van der Waals surface area contributed by atoms with Crippen molar-refractivity contribution in [2.75, 3.05) is 23.3 Å². The molecule has 1 saturated heterocycles. The van der Waals surface area contributed by atoms with Crippen molar-refractivity contribution in [1.82, 2.24) is 5.32 Å². The van der Waals surface area contributed by atoms with Crippen molar-refractivity contribution < 1.29 is 19.1 Å². The zero-order chi connectivity index (χ0) is 17.1. The third-order valence-corrected chi connectivity index (χ3v) is 4.76. The van der Waals surface area contributed by atoms with Gasteiger partial charge in [0.25, 0.3) is 0 Å². The van der Waals surface area contributed by atoms with Crippen LogP contribution in [0.1, 0.15) is 32.1 Å². The molecular formula is C17H22FN3O3. The number of nitrogens with zero attached hydrogens (tertiary/aromatic N) is 1. The predicted molar refractivity (Wildman–Crippen MR) is 88.8 cm³/mol. The molecule has 1 aliphatic carbocycles. The molecule has 1 aromatic carbocycles. The van der Waals surface area contributed by atoms with Crippen LogP contribution in [0.4, 0.5) is 20.6 Å². The minimum atomic E-state index is -0.728. The summed E-state index contributed by atoms with van der Waals surface area (Å²) in [5.74, 6) is -1.41. The van der Waals surface area contributed by atoms with Crippen LogP contribution >= 0.6 is 0 Å². The molecule has 1 saturated carbocycles. The Labute approximate surface area is 140 Å². The molecule has 2 aliphatic rings. The van der Waals surface area contributed by atoms with Crippen LogP contribution in [0.2, 0.25) is 0 Å². The van der Waals surface area contributed by atoms with E-state index in [0.717, 1.165) is 24.9 Å². The Balaban J connectivity index is 1.68. The molecule has 0 spiro atoms. The normalized spacial score (nSPS) is 24.4. The SMILES string of the molecule is O=C(O)C1CCC(Nc2ccc(F)c(N3CCCNC3=O)c2)CC1. The fraction of sp³-hybridized carbons (Fsp3) is 0.529. The smallest absolute Gasteiger partial charge is 0.321 e. The van der Waals surface area contributed by atoms with E-state index in [1.54, 1.807) is 12.1 Å². The highest BCUT2D eigenvalue weighted by Gasteiger charge is 2.26. The number of urea groups is 1. The highest BCUT2D eigenvalue weighted by Crippen LogP contribution is 2.29. The summed E-state index contributed by atoms with van der Waals surface area (Å²) in [5, 5.41) is 15.1. The van der Waals surface area contributed by atoms with Gasteiger partial charge in [-0.15, -0.1) is 0 Å². The first-order valence-corrected chi connectivity index (χ1v) is 8.39. The number of hydrogen-bond acceptors (Lipinski definition) is 3. The fourth-order valence-corrected chi connectivity index (χ4v) is 3.39. The number of hydrogen-bond donors (Lipinski definition) is 3. The van der Waals surface area contributed by atoms with Crippen LogP contribution in [0.3, 0.4) is 0 Å². The van der Waals surface area contributed by atoms with E-state index in [1.165, 1.54) is 11.0 Å². The van der Waals surface area contributed by atoms with Crippen LogP contribution in [0.15, 0.2) is 18.2 Å². The maximum atomic E-state index is 14.1. The van der Waals surface area contributed by atoms with E-state index < -0.39 is 11.8 Å². The van der Waals surface area contributed by atoms with Gasteiger partial charge >= 0.3 is 12.0 Å². The zero-order valence-corrected chi connectivity index (χ0v) is 13.4. The molecule has 6 nitrogen and oxygen atoms in total. The van der Waals surface area contributed by atoms with Crippen molar-refractivity contribution in [3.8, 4) is 0 Å². The van der Waals surface area contributed by atoms with Gasteiger partial charge < -0.3 is 15.7 Å². The number of anilines is 2. The van der Waals surface area contributed by atoms with E-state index in [-0.39, 0.29) is 23.7 Å². The Morgan fingerprint density at radius 3 is 2.71 bits per heavy atom. The first-order chi connectivity index (χ1) is 11.5. The summed E-state index contributed by atoms with van der Waals surface area (Å²) in [5.41, 5.74) is 1.03. The lowest BCUT2D eigenvalue weighted by molar-refractivity contribution is -0.142. The van der Waals surface area contributed by atoms with E-state index >= 15 is 0 Å².